The van der Waals surface area contributed by atoms with Crippen molar-refractivity contribution in [1.82, 2.24) is 0 Å². The van der Waals surface area contributed by atoms with Crippen molar-refractivity contribution in [2.45, 2.75) is 18.7 Å². The van der Waals surface area contributed by atoms with Gasteiger partial charge in [-0.1, -0.05) is 6.07 Å². The van der Waals surface area contributed by atoms with E-state index in [1.54, 1.807) is 36.2 Å². The van der Waals surface area contributed by atoms with E-state index >= 15 is 0 Å². The number of nitrogens with zero attached hydrogens (tertiary/aromatic N) is 3. The second kappa shape index (κ2) is 11.3. The minimum absolute atomic E-state index is 0.138. The van der Waals surface area contributed by atoms with Crippen LogP contribution in [0.4, 0.5) is 40.3 Å². The van der Waals surface area contributed by atoms with Gasteiger partial charge in [0.05, 0.1) is 36.7 Å². The molecule has 6 nitrogen and oxygen atoms in total. The lowest BCUT2D eigenvalue weighted by atomic mass is 10.0. The number of isothiocyanates is 1. The van der Waals surface area contributed by atoms with Crippen LogP contribution in [-0.4, -0.2) is 42.5 Å². The van der Waals surface area contributed by atoms with Crippen LogP contribution in [0.2, 0.25) is 0 Å². The van der Waals surface area contributed by atoms with Crippen LogP contribution in [-0.2, 0) is 11.0 Å². The van der Waals surface area contributed by atoms with Gasteiger partial charge in [-0.05, 0) is 55.5 Å². The normalized spacial score (nSPS) is 12.2. The number of anilines is 2. The van der Waals surface area contributed by atoms with E-state index in [0.717, 1.165) is 6.07 Å². The molecule has 0 aromatic heterocycles. The molecule has 11 heteroatoms. The number of carbonyl (C=O) groups excluding carboxylic acids is 1. The third-order valence-electron chi connectivity index (χ3n) is 4.18. The van der Waals surface area contributed by atoms with Crippen LogP contribution in [0.15, 0.2) is 47.5 Å². The predicted octanol–water partition coefficient (Wildman–Crippen LogP) is 5.40. The molecule has 0 unspecified atom stereocenters. The second-order valence-corrected chi connectivity index (χ2v) is 6.83. The highest BCUT2D eigenvalue weighted by Crippen LogP contribution is 2.38. The zero-order chi connectivity index (χ0) is 24.5. The Bertz CT molecular complexity index is 1030. The number of alkyl halides is 4. The Morgan fingerprint density at radius 3 is 2.34 bits per heavy atom. The Kier molecular flexibility index (Phi) is 9.47. The summed E-state index contributed by atoms with van der Waals surface area (Å²) in [6.45, 7) is 7.96. The number of benzene rings is 2. The molecule has 32 heavy (non-hydrogen) atoms. The maximum atomic E-state index is 13.1. The summed E-state index contributed by atoms with van der Waals surface area (Å²) in [6, 6.07) is 9.58. The predicted molar refractivity (Wildman–Crippen MR) is 118 cm³/mol. The van der Waals surface area contributed by atoms with E-state index < -0.39 is 28.9 Å². The van der Waals surface area contributed by atoms with Gasteiger partial charge in [-0.3, -0.25) is 9.18 Å². The monoisotopic (exact) mass is 468 g/mol. The van der Waals surface area contributed by atoms with Crippen LogP contribution < -0.4 is 10.2 Å². The average Bonchev–Trinajstić information content (AvgIpc) is 2.75. The van der Waals surface area contributed by atoms with Gasteiger partial charge < -0.3 is 15.3 Å². The molecule has 0 aliphatic carbocycles. The number of aliphatic imine (C=N–C) groups is 1. The van der Waals surface area contributed by atoms with Gasteiger partial charge in [0.1, 0.15) is 0 Å². The van der Waals surface area contributed by atoms with Crippen molar-refractivity contribution in [3.05, 3.63) is 59.4 Å². The minimum Gasteiger partial charge on any atom is -0.378 e. The molecule has 2 rings (SSSR count). The van der Waals surface area contributed by atoms with Gasteiger partial charge in [0.15, 0.2) is 11.3 Å². The molecular formula is C21H20F4N4O2S. The summed E-state index contributed by atoms with van der Waals surface area (Å²) < 4.78 is 48.8. The first-order valence-electron chi connectivity index (χ1n) is 8.87. The van der Waals surface area contributed by atoms with Crippen molar-refractivity contribution >= 4 is 46.0 Å². The third-order valence-corrected chi connectivity index (χ3v) is 4.27. The topological polar surface area (TPSA) is 69.3 Å². The number of nitrogens with one attached hydrogen (secondary N) is 1. The molecule has 170 valence electrons. The molecule has 0 saturated heterocycles. The standard InChI is InChI=1S/C20H17F3N4O2S.CH3F/c1-19(29,11-27(3)15-7-4-13(5-8-15)25-12-30)18(28)26-14-6-9-17(24-2)16(10-14)20(21,22)23;1-2/h4-10,29H,11H2,1,3H3,(H,26,28);1H3/t19-;/m1./s1. The van der Waals surface area contributed by atoms with Crippen LogP contribution >= 0.6 is 12.2 Å². The minimum atomic E-state index is -4.75. The van der Waals surface area contributed by atoms with Gasteiger partial charge in [-0.2, -0.15) is 18.2 Å². The van der Waals surface area contributed by atoms with Crippen LogP contribution in [0.3, 0.4) is 0 Å². The highest BCUT2D eigenvalue weighted by molar-refractivity contribution is 7.78. The van der Waals surface area contributed by atoms with E-state index in [0.29, 0.717) is 24.6 Å². The van der Waals surface area contributed by atoms with Crippen molar-refractivity contribution < 1.29 is 27.5 Å². The smallest absolute Gasteiger partial charge is 0.378 e. The zero-order valence-corrected chi connectivity index (χ0v) is 18.2. The highest BCUT2D eigenvalue weighted by Gasteiger charge is 2.35. The number of rotatable bonds is 6. The molecule has 0 aliphatic heterocycles. The molecule has 0 fully saturated rings. The first kappa shape index (κ1) is 26.7. The molecule has 0 bridgehead atoms. The maximum Gasteiger partial charge on any atom is 0.407 e. The van der Waals surface area contributed by atoms with E-state index in [-0.39, 0.29) is 12.2 Å². The lowest BCUT2D eigenvalue weighted by molar-refractivity contribution is -0.137. The van der Waals surface area contributed by atoms with E-state index in [2.05, 4.69) is 32.5 Å². The molecule has 2 aromatic carbocycles. The fourth-order valence-electron chi connectivity index (χ4n) is 2.66. The maximum absolute atomic E-state index is 13.1. The number of halogens is 4. The van der Waals surface area contributed by atoms with E-state index in [1.807, 2.05) is 0 Å². The summed E-state index contributed by atoms with van der Waals surface area (Å²) in [5.74, 6) is -0.889. The number of thiocarbonyl (C=S) groups is 1. The average molecular weight is 468 g/mol. The van der Waals surface area contributed by atoms with Crippen LogP contribution in [0.1, 0.15) is 12.5 Å². The molecule has 0 radical (unpaired) electrons. The highest BCUT2D eigenvalue weighted by atomic mass is 32.1. The van der Waals surface area contributed by atoms with Crippen LogP contribution in [0, 0.1) is 6.57 Å². The molecule has 0 saturated carbocycles. The largest absolute Gasteiger partial charge is 0.407 e. The molecule has 2 N–H and O–H groups in total. The molecule has 0 spiro atoms. The lowest BCUT2D eigenvalue weighted by Gasteiger charge is -2.29. The van der Waals surface area contributed by atoms with E-state index in [4.69, 9.17) is 6.57 Å². The zero-order valence-electron chi connectivity index (χ0n) is 17.4. The number of hydrogen-bond acceptors (Lipinski definition) is 5. The van der Waals surface area contributed by atoms with Crippen LogP contribution in [0.25, 0.3) is 4.85 Å². The van der Waals surface area contributed by atoms with Crippen molar-refractivity contribution in [2.75, 3.05) is 31.0 Å². The summed E-state index contributed by atoms with van der Waals surface area (Å²) in [6.07, 6.45) is -4.75. The lowest BCUT2D eigenvalue weighted by Crippen LogP contribution is -2.48. The SMILES string of the molecule is CF.[C-]#[N+]c1ccc(NC(=O)[C@](C)(O)CN(C)c2ccc(N=C=S)cc2)cc1C(F)(F)F. The summed E-state index contributed by atoms with van der Waals surface area (Å²) in [4.78, 5) is 20.8. The summed E-state index contributed by atoms with van der Waals surface area (Å²) in [7, 11) is 2.14. The number of carbonyl (C=O) groups is 1. The van der Waals surface area contributed by atoms with Crippen molar-refractivity contribution in [3.63, 3.8) is 0 Å². The molecular weight excluding hydrogens is 448 g/mol. The van der Waals surface area contributed by atoms with Gasteiger partial charge in [-0.15, -0.1) is 0 Å². The Hall–Kier alpha value is -3.32. The Balaban J connectivity index is 0.00000249. The Morgan fingerprint density at radius 2 is 1.84 bits per heavy atom. The Morgan fingerprint density at radius 1 is 1.25 bits per heavy atom. The number of hydrogen-bond donors (Lipinski definition) is 2. The Labute approximate surface area is 188 Å². The van der Waals surface area contributed by atoms with Crippen molar-refractivity contribution in [2.24, 2.45) is 4.99 Å². The number of likely N-dealkylation sites (N-methyl/N-ethyl adjacent to an activating group) is 1. The summed E-state index contributed by atoms with van der Waals surface area (Å²) in [5, 5.41) is 15.1. The first-order valence-corrected chi connectivity index (χ1v) is 9.28. The molecule has 0 aliphatic rings. The first-order chi connectivity index (χ1) is 15.0. The molecule has 1 amide bonds. The van der Waals surface area contributed by atoms with E-state index in [1.165, 1.54) is 13.0 Å². The number of aliphatic hydroxyl groups is 1. The molecule has 2 aromatic rings. The third kappa shape index (κ3) is 7.13. The quantitative estimate of drug-likeness (QED) is 0.258. The second-order valence-electron chi connectivity index (χ2n) is 6.65. The van der Waals surface area contributed by atoms with Gasteiger partial charge in [0, 0.05) is 18.4 Å². The summed E-state index contributed by atoms with van der Waals surface area (Å²) in [5.41, 5.74) is -2.57. The van der Waals surface area contributed by atoms with Crippen molar-refractivity contribution in [3.8, 4) is 0 Å². The molecule has 0 heterocycles. The van der Waals surface area contributed by atoms with Crippen molar-refractivity contribution in [1.29, 1.82) is 0 Å². The number of amides is 1. The van der Waals surface area contributed by atoms with Crippen LogP contribution in [0.5, 0.6) is 0 Å². The van der Waals surface area contributed by atoms with Gasteiger partial charge in [-0.25, -0.2) is 4.85 Å². The fourth-order valence-corrected chi connectivity index (χ4v) is 2.77. The van der Waals surface area contributed by atoms with Gasteiger partial charge in [0.25, 0.3) is 5.91 Å². The molecule has 1 atom stereocenters. The fraction of sp³-hybridized carbons (Fsp3) is 0.286. The summed E-state index contributed by atoms with van der Waals surface area (Å²) >= 11 is 4.53. The van der Waals surface area contributed by atoms with Gasteiger partial charge in [0.2, 0.25) is 0 Å². The van der Waals surface area contributed by atoms with Gasteiger partial charge >= 0.3 is 6.18 Å². The van der Waals surface area contributed by atoms with E-state index in [9.17, 15) is 27.5 Å².